The van der Waals surface area contributed by atoms with Crippen LogP contribution < -0.4 is 10.1 Å². The van der Waals surface area contributed by atoms with Crippen molar-refractivity contribution in [3.8, 4) is 5.75 Å². The molecule has 2 heterocycles. The fourth-order valence-corrected chi connectivity index (χ4v) is 3.96. The standard InChI is InChI=1S/C20H23F2N3O2S/c1-27-15-7-4-6-14(12-15)17(25-10-2-3-11-25)13-24-18(26)16-8-5-9-23-19(16)28-20(21)22/h4-9,12,17,20H,2-3,10-11,13H2,1H3,(H,24,26). The summed E-state index contributed by atoms with van der Waals surface area (Å²) < 4.78 is 30.8. The van der Waals surface area contributed by atoms with Gasteiger partial charge in [-0.05, 0) is 67.5 Å². The lowest BCUT2D eigenvalue weighted by Crippen LogP contribution is -2.37. The van der Waals surface area contributed by atoms with Gasteiger partial charge in [0.2, 0.25) is 0 Å². The Morgan fingerprint density at radius 2 is 2.07 bits per heavy atom. The number of ether oxygens (including phenoxy) is 1. The van der Waals surface area contributed by atoms with Crippen LogP contribution in [0.3, 0.4) is 0 Å². The molecule has 28 heavy (non-hydrogen) atoms. The fourth-order valence-electron chi connectivity index (χ4n) is 3.39. The molecule has 0 spiro atoms. The molecule has 1 unspecified atom stereocenters. The topological polar surface area (TPSA) is 54.5 Å². The van der Waals surface area contributed by atoms with E-state index in [1.54, 1.807) is 13.2 Å². The lowest BCUT2D eigenvalue weighted by atomic mass is 10.0. The number of alkyl halides is 2. The summed E-state index contributed by atoms with van der Waals surface area (Å²) in [7, 11) is 1.62. The first-order valence-corrected chi connectivity index (χ1v) is 10.0. The number of amides is 1. The number of pyridine rings is 1. The van der Waals surface area contributed by atoms with E-state index in [0.717, 1.165) is 37.2 Å². The predicted octanol–water partition coefficient (Wildman–Crippen LogP) is 3.97. The highest BCUT2D eigenvalue weighted by atomic mass is 32.2. The monoisotopic (exact) mass is 407 g/mol. The average molecular weight is 407 g/mol. The van der Waals surface area contributed by atoms with Crippen molar-refractivity contribution in [1.82, 2.24) is 15.2 Å². The van der Waals surface area contributed by atoms with Crippen molar-refractivity contribution < 1.29 is 18.3 Å². The number of likely N-dealkylation sites (tertiary alicyclic amines) is 1. The Morgan fingerprint density at radius 1 is 1.29 bits per heavy atom. The summed E-state index contributed by atoms with van der Waals surface area (Å²) in [4.78, 5) is 18.9. The number of rotatable bonds is 8. The van der Waals surface area contributed by atoms with Crippen molar-refractivity contribution in [2.24, 2.45) is 0 Å². The number of carbonyl (C=O) groups is 1. The molecule has 5 nitrogen and oxygen atoms in total. The molecule has 0 saturated carbocycles. The summed E-state index contributed by atoms with van der Waals surface area (Å²) in [5, 5.41) is 2.94. The lowest BCUT2D eigenvalue weighted by molar-refractivity contribution is 0.0934. The molecule has 1 amide bonds. The third-order valence-corrected chi connectivity index (χ3v) is 5.46. The van der Waals surface area contributed by atoms with E-state index < -0.39 is 11.7 Å². The van der Waals surface area contributed by atoms with Gasteiger partial charge in [0.15, 0.2) is 0 Å². The number of nitrogens with zero attached hydrogens (tertiary/aromatic N) is 2. The van der Waals surface area contributed by atoms with Crippen LogP contribution in [0.1, 0.15) is 34.8 Å². The van der Waals surface area contributed by atoms with E-state index in [0.29, 0.717) is 6.54 Å². The second-order valence-electron chi connectivity index (χ2n) is 6.48. The van der Waals surface area contributed by atoms with Gasteiger partial charge in [-0.25, -0.2) is 4.98 Å². The van der Waals surface area contributed by atoms with Crippen LogP contribution in [0.5, 0.6) is 5.75 Å². The van der Waals surface area contributed by atoms with Gasteiger partial charge in [-0.3, -0.25) is 9.69 Å². The molecule has 0 radical (unpaired) electrons. The van der Waals surface area contributed by atoms with Crippen molar-refractivity contribution in [2.75, 3.05) is 26.7 Å². The van der Waals surface area contributed by atoms with Crippen molar-refractivity contribution in [1.29, 1.82) is 0 Å². The number of benzene rings is 1. The molecule has 8 heteroatoms. The second-order valence-corrected chi connectivity index (χ2v) is 7.46. The Bertz CT molecular complexity index is 801. The zero-order chi connectivity index (χ0) is 19.9. The normalized spacial score (nSPS) is 15.6. The number of halogens is 2. The van der Waals surface area contributed by atoms with Crippen LogP contribution >= 0.6 is 11.8 Å². The van der Waals surface area contributed by atoms with Gasteiger partial charge < -0.3 is 10.1 Å². The van der Waals surface area contributed by atoms with Gasteiger partial charge in [0, 0.05) is 12.7 Å². The Hall–Kier alpha value is -2.19. The third kappa shape index (κ3) is 5.20. The van der Waals surface area contributed by atoms with Crippen molar-refractivity contribution >= 4 is 17.7 Å². The first-order valence-electron chi connectivity index (χ1n) is 9.14. The molecule has 2 aromatic rings. The van der Waals surface area contributed by atoms with E-state index in [-0.39, 0.29) is 28.4 Å². The van der Waals surface area contributed by atoms with Crippen molar-refractivity contribution in [3.05, 3.63) is 53.7 Å². The minimum atomic E-state index is -2.63. The van der Waals surface area contributed by atoms with E-state index in [1.165, 1.54) is 12.3 Å². The Labute approximate surface area is 167 Å². The molecule has 0 aliphatic carbocycles. The molecule has 1 saturated heterocycles. The fraction of sp³-hybridized carbons (Fsp3) is 0.400. The van der Waals surface area contributed by atoms with Crippen LogP contribution in [0.4, 0.5) is 8.78 Å². The van der Waals surface area contributed by atoms with Gasteiger partial charge in [-0.15, -0.1) is 0 Å². The smallest absolute Gasteiger partial charge is 0.290 e. The van der Waals surface area contributed by atoms with Crippen LogP contribution in [-0.2, 0) is 0 Å². The zero-order valence-corrected chi connectivity index (χ0v) is 16.4. The van der Waals surface area contributed by atoms with Gasteiger partial charge in [0.1, 0.15) is 10.8 Å². The van der Waals surface area contributed by atoms with Crippen LogP contribution in [0.2, 0.25) is 0 Å². The van der Waals surface area contributed by atoms with E-state index >= 15 is 0 Å². The largest absolute Gasteiger partial charge is 0.497 e. The molecular weight excluding hydrogens is 384 g/mol. The molecule has 1 fully saturated rings. The predicted molar refractivity (Wildman–Crippen MR) is 105 cm³/mol. The minimum absolute atomic E-state index is 0.00979. The summed E-state index contributed by atoms with van der Waals surface area (Å²) >= 11 is 0.282. The molecule has 1 aliphatic rings. The molecule has 1 aromatic heterocycles. The van der Waals surface area contributed by atoms with E-state index in [1.807, 2.05) is 24.3 Å². The number of methoxy groups -OCH3 is 1. The van der Waals surface area contributed by atoms with Crippen molar-refractivity contribution in [3.63, 3.8) is 0 Å². The number of aromatic nitrogens is 1. The highest BCUT2D eigenvalue weighted by molar-refractivity contribution is 7.99. The maximum atomic E-state index is 12.7. The average Bonchev–Trinajstić information content (AvgIpc) is 3.22. The molecule has 150 valence electrons. The number of nitrogens with one attached hydrogen (secondary N) is 1. The summed E-state index contributed by atoms with van der Waals surface area (Å²) in [6.07, 6.45) is 3.64. The summed E-state index contributed by atoms with van der Waals surface area (Å²) in [5.41, 5.74) is 1.22. The van der Waals surface area contributed by atoms with Crippen LogP contribution in [0, 0.1) is 0 Å². The summed E-state index contributed by atoms with van der Waals surface area (Å²) in [6.45, 7) is 2.29. The zero-order valence-electron chi connectivity index (χ0n) is 15.6. The highest BCUT2D eigenvalue weighted by Crippen LogP contribution is 2.28. The van der Waals surface area contributed by atoms with Crippen LogP contribution in [-0.4, -0.2) is 48.3 Å². The molecule has 1 atom stereocenters. The number of hydrogen-bond acceptors (Lipinski definition) is 5. The maximum absolute atomic E-state index is 12.7. The Kier molecular flexibility index (Phi) is 7.22. The lowest BCUT2D eigenvalue weighted by Gasteiger charge is -2.28. The highest BCUT2D eigenvalue weighted by Gasteiger charge is 2.25. The Morgan fingerprint density at radius 3 is 2.79 bits per heavy atom. The van der Waals surface area contributed by atoms with Gasteiger partial charge in [0.25, 0.3) is 11.7 Å². The number of carbonyl (C=O) groups excluding carboxylic acids is 1. The SMILES string of the molecule is COc1cccc(C(CNC(=O)c2cccnc2SC(F)F)N2CCCC2)c1. The minimum Gasteiger partial charge on any atom is -0.497 e. The van der Waals surface area contributed by atoms with Gasteiger partial charge in [-0.2, -0.15) is 8.78 Å². The van der Waals surface area contributed by atoms with Gasteiger partial charge in [-0.1, -0.05) is 12.1 Å². The Balaban J connectivity index is 1.76. The van der Waals surface area contributed by atoms with E-state index in [9.17, 15) is 13.6 Å². The first kappa shape index (κ1) is 20.5. The van der Waals surface area contributed by atoms with Gasteiger partial charge in [0.05, 0.1) is 18.7 Å². The summed E-state index contributed by atoms with van der Waals surface area (Å²) in [6, 6.07) is 10.9. The molecule has 1 N–H and O–H groups in total. The quantitative estimate of drug-likeness (QED) is 0.671. The maximum Gasteiger partial charge on any atom is 0.290 e. The van der Waals surface area contributed by atoms with Crippen LogP contribution in [0.25, 0.3) is 0 Å². The molecule has 0 bridgehead atoms. The van der Waals surface area contributed by atoms with E-state index in [4.69, 9.17) is 4.74 Å². The van der Waals surface area contributed by atoms with Crippen molar-refractivity contribution in [2.45, 2.75) is 29.7 Å². The summed E-state index contributed by atoms with van der Waals surface area (Å²) in [5.74, 6) is -2.27. The molecule has 1 aromatic carbocycles. The first-order chi connectivity index (χ1) is 13.6. The molecule has 1 aliphatic heterocycles. The number of hydrogen-bond donors (Lipinski definition) is 1. The molecule has 3 rings (SSSR count). The second kappa shape index (κ2) is 9.84. The van der Waals surface area contributed by atoms with Gasteiger partial charge >= 0.3 is 0 Å². The number of thioether (sulfide) groups is 1. The van der Waals surface area contributed by atoms with E-state index in [2.05, 4.69) is 15.2 Å². The van der Waals surface area contributed by atoms with Crippen LogP contribution in [0.15, 0.2) is 47.6 Å². The third-order valence-electron chi connectivity index (χ3n) is 4.73. The molecular formula is C20H23F2N3O2S.